The van der Waals surface area contributed by atoms with Crippen LogP contribution in [0.4, 0.5) is 4.39 Å². The number of halogens is 2. The first-order valence-electron chi connectivity index (χ1n) is 5.58. The Bertz CT molecular complexity index is 499. The van der Waals surface area contributed by atoms with Crippen molar-refractivity contribution in [1.82, 2.24) is 15.3 Å². The average Bonchev–Trinajstić information content (AvgIpc) is 2.40. The fourth-order valence-corrected chi connectivity index (χ4v) is 2.03. The molecule has 0 saturated heterocycles. The van der Waals surface area contributed by atoms with Crippen LogP contribution in [0.2, 0.25) is 5.02 Å². The molecule has 1 aromatic carbocycles. The monoisotopic (exact) mass is 265 g/mol. The minimum absolute atomic E-state index is 0.0950. The minimum atomic E-state index is -0.295. The van der Waals surface area contributed by atoms with Crippen LogP contribution in [0.1, 0.15) is 17.3 Å². The fourth-order valence-electron chi connectivity index (χ4n) is 1.79. The van der Waals surface area contributed by atoms with Crippen LogP contribution in [0.3, 0.4) is 0 Å². The van der Waals surface area contributed by atoms with Gasteiger partial charge in [0.05, 0.1) is 11.7 Å². The van der Waals surface area contributed by atoms with E-state index in [0.29, 0.717) is 17.0 Å². The van der Waals surface area contributed by atoms with Crippen LogP contribution in [0.15, 0.2) is 36.8 Å². The maximum Gasteiger partial charge on any atom is 0.127 e. The Balaban J connectivity index is 2.26. The molecule has 18 heavy (non-hydrogen) atoms. The Morgan fingerprint density at radius 1 is 1.39 bits per heavy atom. The van der Waals surface area contributed by atoms with Gasteiger partial charge in [-0.25, -0.2) is 14.4 Å². The normalized spacial score (nSPS) is 12.4. The molecule has 0 bridgehead atoms. The maximum atomic E-state index is 13.7. The summed E-state index contributed by atoms with van der Waals surface area (Å²) in [5.74, 6) is -0.295. The highest BCUT2D eigenvalue weighted by Gasteiger charge is 2.16. The molecular formula is C13H13ClFN3. The van der Waals surface area contributed by atoms with Gasteiger partial charge in [-0.15, -0.1) is 0 Å². The summed E-state index contributed by atoms with van der Waals surface area (Å²) >= 11 is 6.02. The van der Waals surface area contributed by atoms with E-state index in [4.69, 9.17) is 11.6 Å². The standard InChI is InChI=1S/C13H13ClFN3/c1-16-13(12-5-6-17-8-18-12)7-9-10(14)3-2-4-11(9)15/h2-6,8,13,16H,7H2,1H3. The van der Waals surface area contributed by atoms with Gasteiger partial charge in [0, 0.05) is 16.8 Å². The molecule has 2 rings (SSSR count). The van der Waals surface area contributed by atoms with Crippen LogP contribution in [-0.4, -0.2) is 17.0 Å². The first-order valence-corrected chi connectivity index (χ1v) is 5.96. The number of rotatable bonds is 4. The largest absolute Gasteiger partial charge is 0.311 e. The van der Waals surface area contributed by atoms with Crippen molar-refractivity contribution in [2.24, 2.45) is 0 Å². The van der Waals surface area contributed by atoms with E-state index in [9.17, 15) is 4.39 Å². The molecule has 1 heterocycles. The van der Waals surface area contributed by atoms with Crippen LogP contribution >= 0.6 is 11.6 Å². The Morgan fingerprint density at radius 3 is 2.83 bits per heavy atom. The zero-order valence-corrected chi connectivity index (χ0v) is 10.7. The van der Waals surface area contributed by atoms with E-state index < -0.39 is 0 Å². The second-order valence-corrected chi connectivity index (χ2v) is 4.29. The van der Waals surface area contributed by atoms with Gasteiger partial charge in [-0.05, 0) is 31.7 Å². The Hall–Kier alpha value is -1.52. The van der Waals surface area contributed by atoms with Crippen molar-refractivity contribution in [3.63, 3.8) is 0 Å². The van der Waals surface area contributed by atoms with E-state index in [0.717, 1.165) is 5.69 Å². The van der Waals surface area contributed by atoms with Crippen LogP contribution in [-0.2, 0) is 6.42 Å². The lowest BCUT2D eigenvalue weighted by Crippen LogP contribution is -2.20. The number of nitrogens with zero attached hydrogens (tertiary/aromatic N) is 2. The highest BCUT2D eigenvalue weighted by molar-refractivity contribution is 6.31. The Morgan fingerprint density at radius 2 is 2.22 bits per heavy atom. The van der Waals surface area contributed by atoms with E-state index >= 15 is 0 Å². The Labute approximate surface area is 110 Å². The van der Waals surface area contributed by atoms with E-state index in [1.807, 2.05) is 7.05 Å². The van der Waals surface area contributed by atoms with Gasteiger partial charge in [0.15, 0.2) is 0 Å². The minimum Gasteiger partial charge on any atom is -0.311 e. The highest BCUT2D eigenvalue weighted by atomic mass is 35.5. The van der Waals surface area contributed by atoms with E-state index in [-0.39, 0.29) is 11.9 Å². The predicted octanol–water partition coefficient (Wildman–Crippen LogP) is 2.77. The second-order valence-electron chi connectivity index (χ2n) is 3.88. The third kappa shape index (κ3) is 2.83. The molecule has 0 aliphatic rings. The van der Waals surface area contributed by atoms with Gasteiger partial charge in [-0.3, -0.25) is 0 Å². The summed E-state index contributed by atoms with van der Waals surface area (Å²) in [4.78, 5) is 8.03. The molecule has 0 aliphatic carbocycles. The third-order valence-electron chi connectivity index (χ3n) is 2.78. The molecule has 1 N–H and O–H groups in total. The van der Waals surface area contributed by atoms with Crippen molar-refractivity contribution in [3.05, 3.63) is 58.9 Å². The van der Waals surface area contributed by atoms with Crippen molar-refractivity contribution < 1.29 is 4.39 Å². The lowest BCUT2D eigenvalue weighted by atomic mass is 10.0. The molecule has 0 amide bonds. The molecule has 1 unspecified atom stereocenters. The van der Waals surface area contributed by atoms with Gasteiger partial charge < -0.3 is 5.32 Å². The van der Waals surface area contributed by atoms with Gasteiger partial charge in [0.2, 0.25) is 0 Å². The van der Waals surface area contributed by atoms with Gasteiger partial charge in [0.1, 0.15) is 12.1 Å². The smallest absolute Gasteiger partial charge is 0.127 e. The first-order chi connectivity index (χ1) is 8.72. The molecule has 0 fully saturated rings. The SMILES string of the molecule is CNC(Cc1c(F)cccc1Cl)c1ccncn1. The third-order valence-corrected chi connectivity index (χ3v) is 3.13. The maximum absolute atomic E-state index is 13.7. The molecule has 3 nitrogen and oxygen atoms in total. The molecule has 1 aromatic heterocycles. The quantitative estimate of drug-likeness (QED) is 0.924. The summed E-state index contributed by atoms with van der Waals surface area (Å²) in [6.07, 6.45) is 3.58. The zero-order chi connectivity index (χ0) is 13.0. The van der Waals surface area contributed by atoms with Gasteiger partial charge in [-0.2, -0.15) is 0 Å². The molecule has 1 atom stereocenters. The molecular weight excluding hydrogens is 253 g/mol. The topological polar surface area (TPSA) is 37.8 Å². The highest BCUT2D eigenvalue weighted by Crippen LogP contribution is 2.24. The van der Waals surface area contributed by atoms with Crippen molar-refractivity contribution in [2.75, 3.05) is 7.05 Å². The summed E-state index contributed by atoms with van der Waals surface area (Å²) < 4.78 is 13.7. The number of aromatic nitrogens is 2. The van der Waals surface area contributed by atoms with Gasteiger partial charge in [-0.1, -0.05) is 17.7 Å². The average molecular weight is 266 g/mol. The molecule has 0 spiro atoms. The van der Waals surface area contributed by atoms with Crippen molar-refractivity contribution in [3.8, 4) is 0 Å². The summed E-state index contributed by atoms with van der Waals surface area (Å²) in [7, 11) is 1.81. The Kier molecular flexibility index (Phi) is 4.23. The fraction of sp³-hybridized carbons (Fsp3) is 0.231. The number of likely N-dealkylation sites (N-methyl/N-ethyl adjacent to an activating group) is 1. The number of nitrogens with one attached hydrogen (secondary N) is 1. The summed E-state index contributed by atoms with van der Waals surface area (Å²) in [6, 6.07) is 6.40. The summed E-state index contributed by atoms with van der Waals surface area (Å²) in [6.45, 7) is 0. The van der Waals surface area contributed by atoms with E-state index in [1.54, 1.807) is 24.4 Å². The second kappa shape index (κ2) is 5.89. The van der Waals surface area contributed by atoms with Gasteiger partial charge >= 0.3 is 0 Å². The molecule has 2 aromatic rings. The van der Waals surface area contributed by atoms with Crippen molar-refractivity contribution in [2.45, 2.75) is 12.5 Å². The van der Waals surface area contributed by atoms with Crippen molar-refractivity contribution >= 4 is 11.6 Å². The summed E-state index contributed by atoms with van der Waals surface area (Å²) in [5, 5.41) is 3.54. The van der Waals surface area contributed by atoms with Crippen molar-refractivity contribution in [1.29, 1.82) is 0 Å². The van der Waals surface area contributed by atoms with Crippen LogP contribution in [0.5, 0.6) is 0 Å². The van der Waals surface area contributed by atoms with E-state index in [1.165, 1.54) is 12.4 Å². The van der Waals surface area contributed by atoms with Gasteiger partial charge in [0.25, 0.3) is 0 Å². The molecule has 0 saturated carbocycles. The molecule has 94 valence electrons. The number of hydrogen-bond donors (Lipinski definition) is 1. The first kappa shape index (κ1) is 12.9. The zero-order valence-electron chi connectivity index (χ0n) is 9.90. The lowest BCUT2D eigenvalue weighted by Gasteiger charge is -2.16. The van der Waals surface area contributed by atoms with E-state index in [2.05, 4.69) is 15.3 Å². The van der Waals surface area contributed by atoms with Crippen LogP contribution in [0, 0.1) is 5.82 Å². The predicted molar refractivity (Wildman–Crippen MR) is 68.9 cm³/mol. The molecule has 5 heteroatoms. The summed E-state index contributed by atoms with van der Waals surface area (Å²) in [5.41, 5.74) is 1.31. The number of benzene rings is 1. The van der Waals surface area contributed by atoms with Crippen LogP contribution < -0.4 is 5.32 Å². The van der Waals surface area contributed by atoms with Crippen LogP contribution in [0.25, 0.3) is 0 Å². The lowest BCUT2D eigenvalue weighted by molar-refractivity contribution is 0.544. The molecule has 0 aliphatic heterocycles. The molecule has 0 radical (unpaired) electrons. The number of hydrogen-bond acceptors (Lipinski definition) is 3.